The van der Waals surface area contributed by atoms with E-state index in [0.29, 0.717) is 12.2 Å². The maximum atomic E-state index is 11.3. The molecule has 1 aromatic heterocycles. The Hall–Kier alpha value is -1.83. The number of nitriles is 1. The molecule has 1 N–H and O–H groups in total. The van der Waals surface area contributed by atoms with E-state index in [0.717, 1.165) is 0 Å². The van der Waals surface area contributed by atoms with E-state index in [1.165, 1.54) is 12.3 Å². The Morgan fingerprint density at radius 3 is 3.15 bits per heavy atom. The number of rotatable bonds is 3. The summed E-state index contributed by atoms with van der Waals surface area (Å²) in [4.78, 5) is 11.3. The number of anilines is 1. The van der Waals surface area contributed by atoms with Gasteiger partial charge in [0.15, 0.2) is 5.82 Å². The van der Waals surface area contributed by atoms with Gasteiger partial charge in [0.25, 0.3) is 0 Å². The van der Waals surface area contributed by atoms with Gasteiger partial charge in [-0.3, -0.25) is 4.79 Å². The van der Waals surface area contributed by atoms with E-state index in [-0.39, 0.29) is 5.91 Å². The number of hydrogen-bond acceptors (Lipinski definition) is 4. The molecule has 0 aromatic carbocycles. The van der Waals surface area contributed by atoms with Crippen LogP contribution < -0.4 is 5.32 Å². The number of nitrogens with one attached hydrogen (secondary N) is 1. The molecule has 0 aliphatic carbocycles. The zero-order valence-electron chi connectivity index (χ0n) is 7.15. The minimum absolute atomic E-state index is 0.332. The molecule has 68 valence electrons. The van der Waals surface area contributed by atoms with Crippen molar-refractivity contribution in [1.82, 2.24) is 5.16 Å². The SMILES string of the molecule is CCC(C#N)C(=O)Nc1ccon1. The van der Waals surface area contributed by atoms with Crippen LogP contribution in [0.5, 0.6) is 0 Å². The molecule has 1 aromatic rings. The molecule has 5 heteroatoms. The van der Waals surface area contributed by atoms with Gasteiger partial charge in [-0.05, 0) is 6.42 Å². The lowest BCUT2D eigenvalue weighted by Gasteiger charge is -2.03. The quantitative estimate of drug-likeness (QED) is 0.755. The number of aromatic nitrogens is 1. The van der Waals surface area contributed by atoms with Crippen molar-refractivity contribution < 1.29 is 9.32 Å². The molecule has 5 nitrogen and oxygen atoms in total. The second-order valence-electron chi connectivity index (χ2n) is 2.46. The van der Waals surface area contributed by atoms with Gasteiger partial charge in [-0.2, -0.15) is 5.26 Å². The number of nitrogens with zero attached hydrogens (tertiary/aromatic N) is 2. The first-order valence-electron chi connectivity index (χ1n) is 3.88. The Bertz CT molecular complexity index is 313. The fourth-order valence-electron chi connectivity index (χ4n) is 0.826. The van der Waals surface area contributed by atoms with Crippen LogP contribution in [0.2, 0.25) is 0 Å². The van der Waals surface area contributed by atoms with Gasteiger partial charge in [0.1, 0.15) is 12.2 Å². The van der Waals surface area contributed by atoms with Crippen LogP contribution >= 0.6 is 0 Å². The fourth-order valence-corrected chi connectivity index (χ4v) is 0.826. The molecule has 1 heterocycles. The number of amides is 1. The van der Waals surface area contributed by atoms with E-state index in [9.17, 15) is 4.79 Å². The number of carbonyl (C=O) groups is 1. The summed E-state index contributed by atoms with van der Waals surface area (Å²) in [5.74, 6) is -0.644. The van der Waals surface area contributed by atoms with Gasteiger partial charge in [0.2, 0.25) is 5.91 Å². The highest BCUT2D eigenvalue weighted by Gasteiger charge is 2.15. The normalized spacial score (nSPS) is 11.7. The summed E-state index contributed by atoms with van der Waals surface area (Å²) in [5, 5.41) is 14.5. The van der Waals surface area contributed by atoms with E-state index in [4.69, 9.17) is 5.26 Å². The summed E-state index contributed by atoms with van der Waals surface area (Å²) in [6, 6.07) is 3.41. The summed E-state index contributed by atoms with van der Waals surface area (Å²) in [6.45, 7) is 1.77. The highest BCUT2D eigenvalue weighted by molar-refractivity contribution is 5.93. The van der Waals surface area contributed by atoms with Gasteiger partial charge in [-0.1, -0.05) is 12.1 Å². The first kappa shape index (κ1) is 9.26. The van der Waals surface area contributed by atoms with Crippen LogP contribution in [0.15, 0.2) is 16.9 Å². The highest BCUT2D eigenvalue weighted by Crippen LogP contribution is 2.06. The van der Waals surface area contributed by atoms with E-state index >= 15 is 0 Å². The standard InChI is InChI=1S/C8H9N3O2/c1-2-6(5-9)8(12)10-7-3-4-13-11-7/h3-4,6H,2H2,1H3,(H,10,11,12). The van der Waals surface area contributed by atoms with Crippen LogP contribution in [0.25, 0.3) is 0 Å². The minimum Gasteiger partial charge on any atom is -0.363 e. The summed E-state index contributed by atoms with van der Waals surface area (Å²) in [5.41, 5.74) is 0. The smallest absolute Gasteiger partial charge is 0.242 e. The number of carbonyl (C=O) groups excluding carboxylic acids is 1. The number of hydrogen-bond donors (Lipinski definition) is 1. The third kappa shape index (κ3) is 2.30. The van der Waals surface area contributed by atoms with Gasteiger partial charge in [0, 0.05) is 6.07 Å². The molecule has 0 saturated carbocycles. The van der Waals surface area contributed by atoms with Gasteiger partial charge in [0.05, 0.1) is 6.07 Å². The molecule has 1 atom stereocenters. The molecule has 0 bridgehead atoms. The molecular weight excluding hydrogens is 170 g/mol. The maximum Gasteiger partial charge on any atom is 0.242 e. The molecular formula is C8H9N3O2. The van der Waals surface area contributed by atoms with E-state index in [1.807, 2.05) is 6.07 Å². The Balaban J connectivity index is 2.56. The minimum atomic E-state index is -0.628. The van der Waals surface area contributed by atoms with E-state index < -0.39 is 5.92 Å². The first-order chi connectivity index (χ1) is 6.27. The first-order valence-corrected chi connectivity index (χ1v) is 3.88. The molecule has 1 amide bonds. The molecule has 0 aliphatic heterocycles. The van der Waals surface area contributed by atoms with Crippen LogP contribution in [-0.2, 0) is 4.79 Å². The van der Waals surface area contributed by atoms with Crippen molar-refractivity contribution >= 4 is 11.7 Å². The fraction of sp³-hybridized carbons (Fsp3) is 0.375. The zero-order valence-corrected chi connectivity index (χ0v) is 7.15. The Morgan fingerprint density at radius 2 is 2.69 bits per heavy atom. The van der Waals surface area contributed by atoms with Crippen molar-refractivity contribution in [3.63, 3.8) is 0 Å². The third-order valence-electron chi connectivity index (χ3n) is 1.57. The monoisotopic (exact) mass is 179 g/mol. The lowest BCUT2D eigenvalue weighted by Crippen LogP contribution is -2.20. The van der Waals surface area contributed by atoms with Crippen LogP contribution in [-0.4, -0.2) is 11.1 Å². The lowest BCUT2D eigenvalue weighted by atomic mass is 10.1. The predicted octanol–water partition coefficient (Wildman–Crippen LogP) is 1.16. The Morgan fingerprint density at radius 1 is 1.92 bits per heavy atom. The van der Waals surface area contributed by atoms with Gasteiger partial charge in [-0.25, -0.2) is 0 Å². The molecule has 1 unspecified atom stereocenters. The van der Waals surface area contributed by atoms with Crippen LogP contribution in [0.3, 0.4) is 0 Å². The van der Waals surface area contributed by atoms with Crippen molar-refractivity contribution in [3.8, 4) is 6.07 Å². The van der Waals surface area contributed by atoms with Crippen molar-refractivity contribution in [3.05, 3.63) is 12.3 Å². The zero-order chi connectivity index (χ0) is 9.68. The average molecular weight is 179 g/mol. The van der Waals surface area contributed by atoms with Crippen molar-refractivity contribution in [2.45, 2.75) is 13.3 Å². The third-order valence-corrected chi connectivity index (χ3v) is 1.57. The van der Waals surface area contributed by atoms with Crippen LogP contribution in [0.1, 0.15) is 13.3 Å². The largest absolute Gasteiger partial charge is 0.363 e. The Kier molecular flexibility index (Phi) is 3.03. The summed E-state index contributed by atoms with van der Waals surface area (Å²) < 4.78 is 4.51. The molecule has 13 heavy (non-hydrogen) atoms. The summed E-state index contributed by atoms with van der Waals surface area (Å²) >= 11 is 0. The highest BCUT2D eigenvalue weighted by atomic mass is 16.5. The average Bonchev–Trinajstić information content (AvgIpc) is 2.59. The second-order valence-corrected chi connectivity index (χ2v) is 2.46. The van der Waals surface area contributed by atoms with Gasteiger partial charge < -0.3 is 9.84 Å². The summed E-state index contributed by atoms with van der Waals surface area (Å²) in [6.07, 6.45) is 1.84. The van der Waals surface area contributed by atoms with Crippen molar-refractivity contribution in [1.29, 1.82) is 5.26 Å². The molecule has 0 saturated heterocycles. The molecule has 0 aliphatic rings. The van der Waals surface area contributed by atoms with Gasteiger partial charge in [-0.15, -0.1) is 0 Å². The van der Waals surface area contributed by atoms with Crippen LogP contribution in [0, 0.1) is 17.2 Å². The van der Waals surface area contributed by atoms with Crippen molar-refractivity contribution in [2.75, 3.05) is 5.32 Å². The summed E-state index contributed by atoms with van der Waals surface area (Å²) in [7, 11) is 0. The molecule has 0 radical (unpaired) electrons. The Labute approximate surface area is 75.3 Å². The topological polar surface area (TPSA) is 78.9 Å². The van der Waals surface area contributed by atoms with Crippen molar-refractivity contribution in [2.24, 2.45) is 5.92 Å². The molecule has 1 rings (SSSR count). The van der Waals surface area contributed by atoms with Gasteiger partial charge >= 0.3 is 0 Å². The lowest BCUT2D eigenvalue weighted by molar-refractivity contribution is -0.118. The molecule has 0 fully saturated rings. The second kappa shape index (κ2) is 4.26. The molecule has 0 spiro atoms. The van der Waals surface area contributed by atoms with E-state index in [2.05, 4.69) is 15.0 Å². The maximum absolute atomic E-state index is 11.3. The van der Waals surface area contributed by atoms with E-state index in [1.54, 1.807) is 6.92 Å². The predicted molar refractivity (Wildman–Crippen MR) is 44.5 cm³/mol. The van der Waals surface area contributed by atoms with Crippen LogP contribution in [0.4, 0.5) is 5.82 Å².